The minimum atomic E-state index is -0.774. The summed E-state index contributed by atoms with van der Waals surface area (Å²) in [6.07, 6.45) is 0.601. The molecule has 1 N–H and O–H groups in total. The quantitative estimate of drug-likeness (QED) is 0.384. The van der Waals surface area contributed by atoms with Crippen LogP contribution in [0, 0.1) is 5.92 Å². The van der Waals surface area contributed by atoms with Gasteiger partial charge >= 0.3 is 0 Å². The van der Waals surface area contributed by atoms with Crippen LogP contribution in [0.25, 0.3) is 0 Å². The van der Waals surface area contributed by atoms with Crippen molar-refractivity contribution >= 4 is 11.8 Å². The first-order valence-electron chi connectivity index (χ1n) is 12.3. The van der Waals surface area contributed by atoms with Crippen LogP contribution in [0.2, 0.25) is 0 Å². The zero-order valence-electron chi connectivity index (χ0n) is 22.2. The summed E-state index contributed by atoms with van der Waals surface area (Å²) < 4.78 is 16.0. The van der Waals surface area contributed by atoms with Crippen LogP contribution in [0.3, 0.4) is 0 Å². The van der Waals surface area contributed by atoms with Crippen molar-refractivity contribution in [2.24, 2.45) is 5.92 Å². The Hall–Kier alpha value is -4.00. The lowest BCUT2D eigenvalue weighted by Gasteiger charge is -2.33. The molecule has 0 saturated carbocycles. The second-order valence-electron chi connectivity index (χ2n) is 9.01. The Morgan fingerprint density at radius 3 is 2.05 bits per heavy atom. The summed E-state index contributed by atoms with van der Waals surface area (Å²) in [5.74, 6) is 1.43. The fourth-order valence-corrected chi connectivity index (χ4v) is 4.13. The molecule has 0 unspecified atom stereocenters. The Balaban J connectivity index is 1.84. The van der Waals surface area contributed by atoms with E-state index in [1.165, 1.54) is 0 Å². The molecule has 0 radical (unpaired) electrons. The SMILES string of the molecule is COc1ccc(CN(C(=O)C(C)C)[C@@H](C(=O)NCCc2ccc(OC)c(OC)c2)c2ccccc2)cc1. The Bertz CT molecular complexity index is 1160. The summed E-state index contributed by atoms with van der Waals surface area (Å²) in [5, 5.41) is 3.05. The number of benzene rings is 3. The number of hydrogen-bond acceptors (Lipinski definition) is 5. The monoisotopic (exact) mass is 504 g/mol. The molecule has 37 heavy (non-hydrogen) atoms. The summed E-state index contributed by atoms with van der Waals surface area (Å²) in [6, 6.07) is 21.9. The maximum atomic E-state index is 13.6. The summed E-state index contributed by atoms with van der Waals surface area (Å²) in [6.45, 7) is 4.40. The van der Waals surface area contributed by atoms with Gasteiger partial charge in [0.15, 0.2) is 11.5 Å². The number of methoxy groups -OCH3 is 3. The van der Waals surface area contributed by atoms with Crippen LogP contribution < -0.4 is 19.5 Å². The summed E-state index contributed by atoms with van der Waals surface area (Å²) >= 11 is 0. The third kappa shape index (κ3) is 7.26. The van der Waals surface area contributed by atoms with Crippen LogP contribution in [0.4, 0.5) is 0 Å². The first-order chi connectivity index (χ1) is 17.9. The number of nitrogens with one attached hydrogen (secondary N) is 1. The molecular weight excluding hydrogens is 468 g/mol. The number of rotatable bonds is 12. The van der Waals surface area contributed by atoms with Gasteiger partial charge in [-0.3, -0.25) is 9.59 Å². The van der Waals surface area contributed by atoms with Crippen LogP contribution in [0.5, 0.6) is 17.2 Å². The highest BCUT2D eigenvalue weighted by Gasteiger charge is 2.32. The molecule has 3 rings (SSSR count). The van der Waals surface area contributed by atoms with Crippen molar-refractivity contribution in [3.63, 3.8) is 0 Å². The van der Waals surface area contributed by atoms with Crippen LogP contribution in [0.1, 0.15) is 36.6 Å². The molecule has 0 fully saturated rings. The highest BCUT2D eigenvalue weighted by atomic mass is 16.5. The van der Waals surface area contributed by atoms with Crippen LogP contribution in [0.15, 0.2) is 72.8 Å². The molecule has 0 bridgehead atoms. The minimum Gasteiger partial charge on any atom is -0.497 e. The summed E-state index contributed by atoms with van der Waals surface area (Å²) in [4.78, 5) is 28.7. The average molecular weight is 505 g/mol. The zero-order chi connectivity index (χ0) is 26.8. The van der Waals surface area contributed by atoms with Gasteiger partial charge in [-0.1, -0.05) is 62.4 Å². The van der Waals surface area contributed by atoms with E-state index >= 15 is 0 Å². The maximum Gasteiger partial charge on any atom is 0.247 e. The van der Waals surface area contributed by atoms with Crippen molar-refractivity contribution in [2.45, 2.75) is 32.9 Å². The molecule has 3 aromatic carbocycles. The fraction of sp³-hybridized carbons (Fsp3) is 0.333. The van der Waals surface area contributed by atoms with Gasteiger partial charge in [0.25, 0.3) is 0 Å². The molecule has 7 nitrogen and oxygen atoms in total. The predicted molar refractivity (Wildman–Crippen MR) is 144 cm³/mol. The van der Waals surface area contributed by atoms with Gasteiger partial charge in [0.1, 0.15) is 11.8 Å². The topological polar surface area (TPSA) is 77.1 Å². The van der Waals surface area contributed by atoms with Crippen molar-refractivity contribution in [1.82, 2.24) is 10.2 Å². The summed E-state index contributed by atoms with van der Waals surface area (Å²) in [5.41, 5.74) is 2.67. The minimum absolute atomic E-state index is 0.0975. The van der Waals surface area contributed by atoms with E-state index < -0.39 is 6.04 Å². The zero-order valence-corrected chi connectivity index (χ0v) is 22.2. The average Bonchev–Trinajstić information content (AvgIpc) is 2.93. The second-order valence-corrected chi connectivity index (χ2v) is 9.01. The van der Waals surface area contributed by atoms with Gasteiger partial charge < -0.3 is 24.4 Å². The van der Waals surface area contributed by atoms with Gasteiger partial charge in [-0.15, -0.1) is 0 Å². The van der Waals surface area contributed by atoms with E-state index in [0.29, 0.717) is 31.0 Å². The van der Waals surface area contributed by atoms with Crippen LogP contribution in [-0.2, 0) is 22.6 Å². The number of ether oxygens (including phenoxy) is 3. The molecular formula is C30H36N2O5. The highest BCUT2D eigenvalue weighted by Crippen LogP contribution is 2.28. The van der Waals surface area contributed by atoms with Gasteiger partial charge in [0.05, 0.1) is 21.3 Å². The molecule has 2 amide bonds. The van der Waals surface area contributed by atoms with Gasteiger partial charge in [0.2, 0.25) is 11.8 Å². The first-order valence-corrected chi connectivity index (χ1v) is 12.3. The van der Waals surface area contributed by atoms with Gasteiger partial charge in [-0.2, -0.15) is 0 Å². The number of carbonyl (C=O) groups is 2. The molecule has 0 saturated heterocycles. The Kier molecular flexibility index (Phi) is 9.95. The molecule has 0 aliphatic heterocycles. The summed E-state index contributed by atoms with van der Waals surface area (Å²) in [7, 11) is 4.80. The van der Waals surface area contributed by atoms with E-state index in [9.17, 15) is 9.59 Å². The standard InChI is InChI=1S/C30H36N2O5/c1-21(2)30(34)32(20-23-11-14-25(35-3)15-12-23)28(24-9-7-6-8-10-24)29(33)31-18-17-22-13-16-26(36-4)27(19-22)37-5/h6-16,19,21,28H,17-18,20H2,1-5H3,(H,31,33)/t28-/m1/s1. The Morgan fingerprint density at radius 1 is 0.811 bits per heavy atom. The first kappa shape index (κ1) is 27.6. The van der Waals surface area contributed by atoms with E-state index in [1.54, 1.807) is 26.2 Å². The van der Waals surface area contributed by atoms with Crippen molar-refractivity contribution in [3.8, 4) is 17.2 Å². The van der Waals surface area contributed by atoms with E-state index in [1.807, 2.05) is 86.6 Å². The van der Waals surface area contributed by atoms with Crippen molar-refractivity contribution in [3.05, 3.63) is 89.5 Å². The lowest BCUT2D eigenvalue weighted by Crippen LogP contribution is -2.45. The molecule has 0 aliphatic rings. The van der Waals surface area contributed by atoms with Gasteiger partial charge in [-0.05, 0) is 47.4 Å². The molecule has 0 aliphatic carbocycles. The van der Waals surface area contributed by atoms with E-state index in [2.05, 4.69) is 5.32 Å². The second kappa shape index (κ2) is 13.3. The number of nitrogens with zero attached hydrogens (tertiary/aromatic N) is 1. The van der Waals surface area contributed by atoms with Gasteiger partial charge in [0, 0.05) is 19.0 Å². The number of hydrogen-bond donors (Lipinski definition) is 1. The van der Waals surface area contributed by atoms with Crippen LogP contribution >= 0.6 is 0 Å². The Labute approximate surface area is 219 Å². The largest absolute Gasteiger partial charge is 0.497 e. The number of amides is 2. The van der Waals surface area contributed by atoms with Crippen molar-refractivity contribution in [1.29, 1.82) is 0 Å². The maximum absolute atomic E-state index is 13.6. The van der Waals surface area contributed by atoms with Gasteiger partial charge in [-0.25, -0.2) is 0 Å². The van der Waals surface area contributed by atoms with E-state index in [0.717, 1.165) is 22.4 Å². The van der Waals surface area contributed by atoms with E-state index in [-0.39, 0.29) is 17.7 Å². The normalized spacial score (nSPS) is 11.5. The molecule has 1 atom stereocenters. The fourth-order valence-electron chi connectivity index (χ4n) is 4.13. The van der Waals surface area contributed by atoms with Crippen molar-refractivity contribution in [2.75, 3.05) is 27.9 Å². The third-order valence-corrected chi connectivity index (χ3v) is 6.13. The molecule has 196 valence electrons. The van der Waals surface area contributed by atoms with Crippen molar-refractivity contribution < 1.29 is 23.8 Å². The lowest BCUT2D eigenvalue weighted by atomic mass is 10.0. The molecule has 0 aromatic heterocycles. The molecule has 7 heteroatoms. The number of carbonyl (C=O) groups excluding carboxylic acids is 2. The van der Waals surface area contributed by atoms with Crippen LogP contribution in [-0.4, -0.2) is 44.6 Å². The third-order valence-electron chi connectivity index (χ3n) is 6.13. The molecule has 0 spiro atoms. The predicted octanol–water partition coefficient (Wildman–Crippen LogP) is 4.80. The lowest BCUT2D eigenvalue weighted by molar-refractivity contribution is -0.144. The van der Waals surface area contributed by atoms with E-state index in [4.69, 9.17) is 14.2 Å². The highest BCUT2D eigenvalue weighted by molar-refractivity contribution is 5.89. The smallest absolute Gasteiger partial charge is 0.247 e. The molecule has 3 aromatic rings. The molecule has 0 heterocycles. The Morgan fingerprint density at radius 2 is 1.46 bits per heavy atom.